The molecule has 1 atom stereocenters. The molecule has 4 rings (SSSR count). The van der Waals surface area contributed by atoms with Crippen LogP contribution in [0.2, 0.25) is 0 Å². The van der Waals surface area contributed by atoms with Gasteiger partial charge in [-0.15, -0.1) is 0 Å². The number of rotatable bonds is 9. The molecule has 0 aliphatic carbocycles. The average molecular weight is 625 g/mol. The summed E-state index contributed by atoms with van der Waals surface area (Å²) in [6.45, 7) is 7.48. The molecule has 1 amide bonds. The molecule has 0 saturated heterocycles. The van der Waals surface area contributed by atoms with Crippen molar-refractivity contribution in [3.8, 4) is 11.4 Å². The molecule has 1 aromatic heterocycles. The summed E-state index contributed by atoms with van der Waals surface area (Å²) >= 11 is 8.79. The van der Waals surface area contributed by atoms with Gasteiger partial charge in [-0.25, -0.2) is 10.2 Å². The molecule has 40 heavy (non-hydrogen) atoms. The van der Waals surface area contributed by atoms with E-state index in [9.17, 15) is 9.59 Å². The van der Waals surface area contributed by atoms with Gasteiger partial charge in [-0.2, -0.15) is 5.10 Å². The van der Waals surface area contributed by atoms with Crippen molar-refractivity contribution in [3.05, 3.63) is 92.9 Å². The lowest BCUT2D eigenvalue weighted by atomic mass is 9.95. The van der Waals surface area contributed by atoms with Crippen molar-refractivity contribution in [2.75, 3.05) is 13.2 Å². The molecule has 0 bridgehead atoms. The van der Waals surface area contributed by atoms with E-state index in [1.54, 1.807) is 32.2 Å². The van der Waals surface area contributed by atoms with Gasteiger partial charge in [0, 0.05) is 38.4 Å². The van der Waals surface area contributed by atoms with E-state index in [1.807, 2.05) is 56.3 Å². The Kier molecular flexibility index (Phi) is 9.38. The fourth-order valence-electron chi connectivity index (χ4n) is 4.51. The molecular weight excluding hydrogens is 594 g/mol. The van der Waals surface area contributed by atoms with Crippen molar-refractivity contribution in [1.29, 1.82) is 0 Å². The van der Waals surface area contributed by atoms with Crippen molar-refractivity contribution >= 4 is 51.4 Å². The van der Waals surface area contributed by atoms with Gasteiger partial charge in [0.2, 0.25) is 0 Å². The zero-order valence-electron chi connectivity index (χ0n) is 22.6. The first kappa shape index (κ1) is 29.0. The summed E-state index contributed by atoms with van der Waals surface area (Å²) in [7, 11) is 0. The molecule has 0 unspecified atom stereocenters. The van der Waals surface area contributed by atoms with Gasteiger partial charge in [0.1, 0.15) is 5.75 Å². The first-order chi connectivity index (χ1) is 19.2. The molecule has 0 fully saturated rings. The maximum atomic E-state index is 12.7. The molecular formula is C29H30BrN5O4S. The number of allylic oxidation sites excluding steroid dienone is 1. The standard InChI is InChI=1S/C29H30BrN5O4S/c1-5-38-28(37)26-18(3)32-29(40)33-27(26)23-8-6-7-9-24(23)39-16-25(36)34-31-15-20-14-17(2)35(19(20)4)22-12-10-21(30)11-13-22/h6-15,27H,5,16H2,1-4H3,(H,34,36)(H2,32,33,40)/t27-/m1/s1. The van der Waals surface area contributed by atoms with Crippen LogP contribution in [0.1, 0.15) is 42.4 Å². The van der Waals surface area contributed by atoms with Gasteiger partial charge >= 0.3 is 5.97 Å². The average Bonchev–Trinajstić information content (AvgIpc) is 3.20. The molecule has 2 heterocycles. The minimum Gasteiger partial charge on any atom is -0.483 e. The minimum absolute atomic E-state index is 0.236. The molecule has 0 saturated carbocycles. The number of nitrogens with zero attached hydrogens (tertiary/aromatic N) is 2. The molecule has 3 N–H and O–H groups in total. The summed E-state index contributed by atoms with van der Waals surface area (Å²) in [6.07, 6.45) is 1.61. The monoisotopic (exact) mass is 623 g/mol. The highest BCUT2D eigenvalue weighted by Gasteiger charge is 2.32. The fourth-order valence-corrected chi connectivity index (χ4v) is 5.05. The van der Waals surface area contributed by atoms with Crippen LogP contribution in [0.25, 0.3) is 5.69 Å². The Hall–Kier alpha value is -3.96. The van der Waals surface area contributed by atoms with E-state index in [0.717, 1.165) is 27.1 Å². The van der Waals surface area contributed by atoms with Crippen LogP contribution in [0.4, 0.5) is 0 Å². The Morgan fingerprint density at radius 2 is 1.88 bits per heavy atom. The molecule has 11 heteroatoms. The van der Waals surface area contributed by atoms with Crippen LogP contribution >= 0.6 is 28.1 Å². The maximum absolute atomic E-state index is 12.7. The van der Waals surface area contributed by atoms with E-state index in [4.69, 9.17) is 21.7 Å². The van der Waals surface area contributed by atoms with E-state index in [2.05, 4.69) is 41.7 Å². The summed E-state index contributed by atoms with van der Waals surface area (Å²) in [5.41, 5.74) is 8.11. The first-order valence-corrected chi connectivity index (χ1v) is 13.8. The largest absolute Gasteiger partial charge is 0.483 e. The summed E-state index contributed by atoms with van der Waals surface area (Å²) in [5, 5.41) is 10.6. The van der Waals surface area contributed by atoms with E-state index in [0.29, 0.717) is 27.7 Å². The number of aryl methyl sites for hydroxylation is 1. The number of esters is 1. The summed E-state index contributed by atoms with van der Waals surface area (Å²) < 4.78 is 14.2. The number of amides is 1. The van der Waals surface area contributed by atoms with Crippen LogP contribution in [-0.4, -0.2) is 41.0 Å². The summed E-state index contributed by atoms with van der Waals surface area (Å²) in [4.78, 5) is 25.3. The van der Waals surface area contributed by atoms with Crippen LogP contribution < -0.4 is 20.8 Å². The van der Waals surface area contributed by atoms with Gasteiger partial charge in [0.25, 0.3) is 5.91 Å². The highest BCUT2D eigenvalue weighted by molar-refractivity contribution is 9.10. The Morgan fingerprint density at radius 3 is 2.60 bits per heavy atom. The van der Waals surface area contributed by atoms with Crippen molar-refractivity contribution in [2.45, 2.75) is 33.7 Å². The summed E-state index contributed by atoms with van der Waals surface area (Å²) in [6, 6.07) is 16.6. The lowest BCUT2D eigenvalue weighted by molar-refractivity contribution is -0.139. The number of aromatic nitrogens is 1. The molecule has 0 spiro atoms. The zero-order chi connectivity index (χ0) is 28.8. The number of carbonyl (C=O) groups is 2. The van der Waals surface area contributed by atoms with E-state index in [-0.39, 0.29) is 13.2 Å². The van der Waals surface area contributed by atoms with Gasteiger partial charge in [0.15, 0.2) is 11.7 Å². The third-order valence-electron chi connectivity index (χ3n) is 6.30. The van der Waals surface area contributed by atoms with E-state index >= 15 is 0 Å². The third-order valence-corrected chi connectivity index (χ3v) is 7.05. The number of benzene rings is 2. The van der Waals surface area contributed by atoms with Crippen molar-refractivity contribution in [1.82, 2.24) is 20.6 Å². The zero-order valence-corrected chi connectivity index (χ0v) is 25.0. The highest BCUT2D eigenvalue weighted by Crippen LogP contribution is 2.33. The number of hydrogen-bond donors (Lipinski definition) is 3. The number of nitrogens with one attached hydrogen (secondary N) is 3. The Labute approximate surface area is 246 Å². The van der Waals surface area contributed by atoms with Gasteiger partial charge in [-0.05, 0) is 76.3 Å². The summed E-state index contributed by atoms with van der Waals surface area (Å²) in [5.74, 6) is -0.468. The van der Waals surface area contributed by atoms with Gasteiger partial charge in [-0.3, -0.25) is 4.79 Å². The van der Waals surface area contributed by atoms with Crippen molar-refractivity contribution in [3.63, 3.8) is 0 Å². The Bertz CT molecular complexity index is 1500. The third kappa shape index (κ3) is 6.60. The number of hydrazone groups is 1. The van der Waals surface area contributed by atoms with E-state index < -0.39 is 17.9 Å². The quantitative estimate of drug-likeness (QED) is 0.137. The SMILES string of the molecule is CCOC(=O)C1=C(C)NC(=S)N[C@@H]1c1ccccc1OCC(=O)NN=Cc1cc(C)n(-c2ccc(Br)cc2)c1C. The van der Waals surface area contributed by atoms with Gasteiger partial charge in [-0.1, -0.05) is 34.1 Å². The van der Waals surface area contributed by atoms with Crippen LogP contribution in [0, 0.1) is 13.8 Å². The number of hydrogen-bond acceptors (Lipinski definition) is 6. The second-order valence-corrected chi connectivity index (χ2v) is 10.4. The van der Waals surface area contributed by atoms with Crippen molar-refractivity contribution < 1.29 is 19.1 Å². The molecule has 1 aliphatic rings. The maximum Gasteiger partial charge on any atom is 0.338 e. The van der Waals surface area contributed by atoms with E-state index in [1.165, 1.54) is 0 Å². The predicted octanol–water partition coefficient (Wildman–Crippen LogP) is 4.74. The molecule has 2 aromatic carbocycles. The fraction of sp³-hybridized carbons (Fsp3) is 0.241. The van der Waals surface area contributed by atoms with Crippen LogP contribution in [0.3, 0.4) is 0 Å². The number of thiocarbonyl (C=S) groups is 1. The molecule has 9 nitrogen and oxygen atoms in total. The second-order valence-electron chi connectivity index (χ2n) is 9.05. The molecule has 3 aromatic rings. The Morgan fingerprint density at radius 1 is 1.15 bits per heavy atom. The van der Waals surface area contributed by atoms with Gasteiger partial charge < -0.3 is 24.7 Å². The van der Waals surface area contributed by atoms with Gasteiger partial charge in [0.05, 0.1) is 24.4 Å². The van der Waals surface area contributed by atoms with Crippen LogP contribution in [-0.2, 0) is 14.3 Å². The smallest absolute Gasteiger partial charge is 0.338 e. The topological polar surface area (TPSA) is 106 Å². The molecule has 208 valence electrons. The number of para-hydroxylation sites is 1. The number of ether oxygens (including phenoxy) is 2. The minimum atomic E-state index is -0.605. The normalized spacial score (nSPS) is 15.0. The van der Waals surface area contributed by atoms with Crippen LogP contribution in [0.15, 0.2) is 75.4 Å². The molecule has 0 radical (unpaired) electrons. The highest BCUT2D eigenvalue weighted by atomic mass is 79.9. The van der Waals surface area contributed by atoms with Crippen LogP contribution in [0.5, 0.6) is 5.75 Å². The lowest BCUT2D eigenvalue weighted by Gasteiger charge is -2.30. The second kappa shape index (κ2) is 12.9. The molecule has 1 aliphatic heterocycles. The Balaban J connectivity index is 1.44. The number of carbonyl (C=O) groups excluding carboxylic acids is 2. The first-order valence-electron chi connectivity index (χ1n) is 12.6. The number of halogens is 1. The lowest BCUT2D eigenvalue weighted by Crippen LogP contribution is -2.45. The van der Waals surface area contributed by atoms with Crippen molar-refractivity contribution in [2.24, 2.45) is 5.10 Å². The predicted molar refractivity (Wildman–Crippen MR) is 162 cm³/mol.